The molecule has 0 radical (unpaired) electrons. The summed E-state index contributed by atoms with van der Waals surface area (Å²) < 4.78 is 1.69. The highest BCUT2D eigenvalue weighted by Crippen LogP contribution is 2.08. The first kappa shape index (κ1) is 9.80. The molecule has 0 bridgehead atoms. The Labute approximate surface area is 76.4 Å². The van der Waals surface area contributed by atoms with Crippen LogP contribution in [0.15, 0.2) is 12.1 Å². The molecule has 0 aliphatic heterocycles. The van der Waals surface area contributed by atoms with Crippen molar-refractivity contribution in [1.29, 1.82) is 0 Å². The summed E-state index contributed by atoms with van der Waals surface area (Å²) >= 11 is 0. The van der Waals surface area contributed by atoms with E-state index in [4.69, 9.17) is 10.2 Å². The van der Waals surface area contributed by atoms with Crippen molar-refractivity contribution in [2.45, 2.75) is 19.9 Å². The van der Waals surface area contributed by atoms with E-state index >= 15 is 0 Å². The highest BCUT2D eigenvalue weighted by molar-refractivity contribution is 5.86. The van der Waals surface area contributed by atoms with Gasteiger partial charge in [-0.1, -0.05) is 0 Å². The van der Waals surface area contributed by atoms with Gasteiger partial charge in [0, 0.05) is 18.8 Å². The Morgan fingerprint density at radius 2 is 2.23 bits per heavy atom. The van der Waals surface area contributed by atoms with Gasteiger partial charge in [0.1, 0.15) is 5.69 Å². The third-order valence-electron chi connectivity index (χ3n) is 1.96. The van der Waals surface area contributed by atoms with Gasteiger partial charge in [-0.05, 0) is 25.5 Å². The summed E-state index contributed by atoms with van der Waals surface area (Å²) in [6, 6.07) is 3.34. The van der Waals surface area contributed by atoms with E-state index in [9.17, 15) is 4.79 Å². The maximum atomic E-state index is 10.7. The molecule has 0 amide bonds. The van der Waals surface area contributed by atoms with Crippen molar-refractivity contribution in [3.05, 3.63) is 23.5 Å². The van der Waals surface area contributed by atoms with Gasteiger partial charge in [-0.2, -0.15) is 0 Å². The number of nitrogens with zero attached hydrogens (tertiary/aromatic N) is 1. The molecule has 4 heteroatoms. The zero-order valence-electron chi connectivity index (χ0n) is 7.53. The molecular weight excluding hydrogens is 170 g/mol. The number of hydrogen-bond acceptors (Lipinski definition) is 2. The third-order valence-corrected chi connectivity index (χ3v) is 1.96. The first-order valence-electron chi connectivity index (χ1n) is 4.17. The highest BCUT2D eigenvalue weighted by Gasteiger charge is 2.10. The van der Waals surface area contributed by atoms with E-state index in [0.29, 0.717) is 13.0 Å². The van der Waals surface area contributed by atoms with Crippen molar-refractivity contribution in [1.82, 2.24) is 4.57 Å². The van der Waals surface area contributed by atoms with E-state index in [1.165, 1.54) is 0 Å². The lowest BCUT2D eigenvalue weighted by Gasteiger charge is -2.07. The number of carbonyl (C=O) groups is 1. The number of rotatable bonds is 4. The van der Waals surface area contributed by atoms with E-state index in [-0.39, 0.29) is 12.3 Å². The molecule has 1 heterocycles. The van der Waals surface area contributed by atoms with Gasteiger partial charge in [0.15, 0.2) is 0 Å². The highest BCUT2D eigenvalue weighted by atomic mass is 16.4. The van der Waals surface area contributed by atoms with Crippen LogP contribution in [0.2, 0.25) is 0 Å². The molecule has 0 unspecified atom stereocenters. The van der Waals surface area contributed by atoms with Gasteiger partial charge in [0.05, 0.1) is 0 Å². The number of aromatic carboxylic acids is 1. The zero-order chi connectivity index (χ0) is 9.84. The molecule has 0 aliphatic rings. The molecule has 0 saturated carbocycles. The van der Waals surface area contributed by atoms with Gasteiger partial charge in [0.25, 0.3) is 0 Å². The van der Waals surface area contributed by atoms with Crippen molar-refractivity contribution in [2.75, 3.05) is 6.61 Å². The summed E-state index contributed by atoms with van der Waals surface area (Å²) in [5.74, 6) is -0.925. The minimum absolute atomic E-state index is 0.0800. The summed E-state index contributed by atoms with van der Waals surface area (Å²) in [5.41, 5.74) is 1.19. The van der Waals surface area contributed by atoms with Crippen LogP contribution >= 0.6 is 0 Å². The van der Waals surface area contributed by atoms with Gasteiger partial charge in [0.2, 0.25) is 0 Å². The topological polar surface area (TPSA) is 62.5 Å². The fourth-order valence-electron chi connectivity index (χ4n) is 1.28. The third kappa shape index (κ3) is 2.09. The van der Waals surface area contributed by atoms with Crippen molar-refractivity contribution in [3.63, 3.8) is 0 Å². The minimum Gasteiger partial charge on any atom is -0.477 e. The molecule has 0 aromatic carbocycles. The lowest BCUT2D eigenvalue weighted by atomic mass is 10.4. The van der Waals surface area contributed by atoms with Gasteiger partial charge in [-0.3, -0.25) is 0 Å². The Kier molecular flexibility index (Phi) is 3.08. The van der Waals surface area contributed by atoms with Crippen LogP contribution < -0.4 is 0 Å². The Morgan fingerprint density at radius 3 is 2.77 bits per heavy atom. The van der Waals surface area contributed by atoms with Crippen LogP contribution in [-0.2, 0) is 6.54 Å². The zero-order valence-corrected chi connectivity index (χ0v) is 7.53. The largest absolute Gasteiger partial charge is 0.477 e. The molecule has 72 valence electrons. The standard InChI is InChI=1S/C9H13NO3/c1-7-3-4-8(9(12)13)10(7)5-2-6-11/h3-4,11H,2,5-6H2,1H3,(H,12,13). The summed E-state index contributed by atoms with van der Waals surface area (Å²) in [4.78, 5) is 10.7. The van der Waals surface area contributed by atoms with E-state index < -0.39 is 5.97 Å². The first-order valence-corrected chi connectivity index (χ1v) is 4.17. The molecule has 13 heavy (non-hydrogen) atoms. The average molecular weight is 183 g/mol. The molecule has 1 aromatic rings. The minimum atomic E-state index is -0.925. The van der Waals surface area contributed by atoms with Gasteiger partial charge < -0.3 is 14.8 Å². The Bertz CT molecular complexity index is 304. The number of aliphatic hydroxyl groups excluding tert-OH is 1. The van der Waals surface area contributed by atoms with E-state index in [1.54, 1.807) is 16.7 Å². The molecule has 1 aromatic heterocycles. The number of aryl methyl sites for hydroxylation is 1. The smallest absolute Gasteiger partial charge is 0.352 e. The fraction of sp³-hybridized carbons (Fsp3) is 0.444. The Hall–Kier alpha value is -1.29. The molecule has 4 nitrogen and oxygen atoms in total. The first-order chi connectivity index (χ1) is 6.16. The van der Waals surface area contributed by atoms with Crippen LogP contribution in [0, 0.1) is 6.92 Å². The summed E-state index contributed by atoms with van der Waals surface area (Å²) in [5, 5.41) is 17.4. The number of carboxylic acid groups (broad SMARTS) is 1. The normalized spacial score (nSPS) is 10.3. The second kappa shape index (κ2) is 4.09. The number of hydrogen-bond donors (Lipinski definition) is 2. The molecular formula is C9H13NO3. The van der Waals surface area contributed by atoms with Crippen molar-refractivity contribution in [3.8, 4) is 0 Å². The number of aromatic nitrogens is 1. The Balaban J connectivity index is 2.88. The SMILES string of the molecule is Cc1ccc(C(=O)O)n1CCCO. The van der Waals surface area contributed by atoms with Gasteiger partial charge in [-0.15, -0.1) is 0 Å². The van der Waals surface area contributed by atoms with Crippen molar-refractivity contribution in [2.24, 2.45) is 0 Å². The monoisotopic (exact) mass is 183 g/mol. The van der Waals surface area contributed by atoms with Crippen LogP contribution in [0.5, 0.6) is 0 Å². The second-order valence-corrected chi connectivity index (χ2v) is 2.89. The molecule has 1 rings (SSSR count). The van der Waals surface area contributed by atoms with E-state index in [0.717, 1.165) is 5.69 Å². The quantitative estimate of drug-likeness (QED) is 0.728. The van der Waals surface area contributed by atoms with Crippen LogP contribution in [0.1, 0.15) is 22.6 Å². The molecule has 0 atom stereocenters. The summed E-state index contributed by atoms with van der Waals surface area (Å²) in [7, 11) is 0. The predicted molar refractivity (Wildman–Crippen MR) is 47.8 cm³/mol. The summed E-state index contributed by atoms with van der Waals surface area (Å²) in [6.45, 7) is 2.48. The van der Waals surface area contributed by atoms with Crippen molar-refractivity contribution >= 4 is 5.97 Å². The molecule has 2 N–H and O–H groups in total. The maximum Gasteiger partial charge on any atom is 0.352 e. The lowest BCUT2D eigenvalue weighted by Crippen LogP contribution is -2.10. The van der Waals surface area contributed by atoms with E-state index in [1.807, 2.05) is 6.92 Å². The number of aliphatic hydroxyl groups is 1. The average Bonchev–Trinajstić information content (AvgIpc) is 2.43. The molecule has 0 spiro atoms. The maximum absolute atomic E-state index is 10.7. The molecule has 0 fully saturated rings. The predicted octanol–water partition coefficient (Wildman–Crippen LogP) is 0.877. The number of carboxylic acids is 1. The van der Waals surface area contributed by atoms with Crippen LogP contribution in [-0.4, -0.2) is 27.4 Å². The van der Waals surface area contributed by atoms with Crippen molar-refractivity contribution < 1.29 is 15.0 Å². The lowest BCUT2D eigenvalue weighted by molar-refractivity contribution is 0.0684. The van der Waals surface area contributed by atoms with Crippen LogP contribution in [0.25, 0.3) is 0 Å². The van der Waals surface area contributed by atoms with Gasteiger partial charge >= 0.3 is 5.97 Å². The van der Waals surface area contributed by atoms with Crippen LogP contribution in [0.4, 0.5) is 0 Å². The summed E-state index contributed by atoms with van der Waals surface area (Å²) in [6.07, 6.45) is 0.579. The fourth-order valence-corrected chi connectivity index (χ4v) is 1.28. The second-order valence-electron chi connectivity index (χ2n) is 2.89. The van der Waals surface area contributed by atoms with E-state index in [2.05, 4.69) is 0 Å². The van der Waals surface area contributed by atoms with Crippen LogP contribution in [0.3, 0.4) is 0 Å². The Morgan fingerprint density at radius 1 is 1.54 bits per heavy atom. The molecule has 0 aliphatic carbocycles. The molecule has 0 saturated heterocycles. The van der Waals surface area contributed by atoms with Gasteiger partial charge in [-0.25, -0.2) is 4.79 Å².